The van der Waals surface area contributed by atoms with Crippen molar-refractivity contribution in [3.63, 3.8) is 0 Å². The molecule has 1 nitrogen and oxygen atoms in total. The minimum absolute atomic E-state index is 0.0247. The predicted octanol–water partition coefficient (Wildman–Crippen LogP) is 7.83. The summed E-state index contributed by atoms with van der Waals surface area (Å²) >= 11 is 7.78. The first-order chi connectivity index (χ1) is 13.6. The monoisotopic (exact) mass is 422 g/mol. The van der Waals surface area contributed by atoms with Crippen molar-refractivity contribution in [2.24, 2.45) is 46.3 Å². The molecule has 0 radical (unpaired) electrons. The van der Waals surface area contributed by atoms with Crippen LogP contribution in [0.1, 0.15) is 112 Å². The Morgan fingerprint density at radius 3 is 2.38 bits per heavy atom. The van der Waals surface area contributed by atoms with Crippen LogP contribution in [-0.4, -0.2) is 16.1 Å². The second kappa shape index (κ2) is 7.99. The lowest BCUT2D eigenvalue weighted by Crippen LogP contribution is -2.60. The van der Waals surface area contributed by atoms with Crippen LogP contribution in [-0.2, 0) is 0 Å². The average molecular weight is 423 g/mol. The number of rotatable bonds is 5. The van der Waals surface area contributed by atoms with E-state index in [9.17, 15) is 5.11 Å². The number of hydrogen-bond donors (Lipinski definition) is 1. The molecule has 168 valence electrons. The molecule has 0 spiro atoms. The summed E-state index contributed by atoms with van der Waals surface area (Å²) in [6, 6.07) is 0. The molecule has 4 saturated carbocycles. The van der Waals surface area contributed by atoms with Gasteiger partial charge in [0.15, 0.2) is 0 Å². The van der Waals surface area contributed by atoms with E-state index in [1.54, 1.807) is 0 Å². The molecule has 4 rings (SSSR count). The van der Waals surface area contributed by atoms with Gasteiger partial charge in [-0.2, -0.15) is 0 Å². The maximum absolute atomic E-state index is 10.3. The smallest absolute Gasteiger partial charge is 0.0543 e. The zero-order valence-electron chi connectivity index (χ0n) is 19.9. The van der Waals surface area contributed by atoms with Crippen LogP contribution in [0.25, 0.3) is 0 Å². The molecule has 9 atom stereocenters. The van der Waals surface area contributed by atoms with Crippen molar-refractivity contribution >= 4 is 11.6 Å². The van der Waals surface area contributed by atoms with Gasteiger partial charge >= 0.3 is 0 Å². The van der Waals surface area contributed by atoms with E-state index in [4.69, 9.17) is 11.6 Å². The average Bonchev–Trinajstić information content (AvgIpc) is 2.93. The highest BCUT2D eigenvalue weighted by molar-refractivity contribution is 6.25. The highest BCUT2D eigenvalue weighted by Crippen LogP contribution is 2.72. The van der Waals surface area contributed by atoms with Gasteiger partial charge in [0.25, 0.3) is 0 Å². The minimum Gasteiger partial charge on any atom is -0.393 e. The summed E-state index contributed by atoms with van der Waals surface area (Å²) in [5.74, 6) is 4.67. The lowest BCUT2D eigenvalue weighted by molar-refractivity contribution is -0.120. The van der Waals surface area contributed by atoms with Crippen molar-refractivity contribution in [1.82, 2.24) is 0 Å². The molecule has 0 aromatic heterocycles. The molecule has 29 heavy (non-hydrogen) atoms. The summed E-state index contributed by atoms with van der Waals surface area (Å²) < 4.78 is 0. The van der Waals surface area contributed by atoms with Crippen LogP contribution in [0.15, 0.2) is 0 Å². The molecule has 0 saturated heterocycles. The van der Waals surface area contributed by atoms with E-state index in [1.165, 1.54) is 64.2 Å². The van der Waals surface area contributed by atoms with Crippen molar-refractivity contribution in [2.75, 3.05) is 0 Å². The molecule has 4 fully saturated rings. The first kappa shape index (κ1) is 22.4. The van der Waals surface area contributed by atoms with Crippen LogP contribution in [0.5, 0.6) is 0 Å². The fraction of sp³-hybridized carbons (Fsp3) is 1.00. The van der Waals surface area contributed by atoms with Crippen molar-refractivity contribution in [3.8, 4) is 0 Å². The van der Waals surface area contributed by atoms with Crippen molar-refractivity contribution in [1.29, 1.82) is 0 Å². The Bertz CT molecular complexity index is 589. The molecule has 0 aliphatic heterocycles. The van der Waals surface area contributed by atoms with Crippen LogP contribution in [0.2, 0.25) is 0 Å². The summed E-state index contributed by atoms with van der Waals surface area (Å²) in [7, 11) is 0. The minimum atomic E-state index is -0.0500. The molecule has 0 bridgehead atoms. The maximum Gasteiger partial charge on any atom is 0.0543 e. The first-order valence-electron chi connectivity index (χ1n) is 13.0. The molecule has 4 aliphatic carbocycles. The van der Waals surface area contributed by atoms with Crippen molar-refractivity contribution in [3.05, 3.63) is 0 Å². The first-order valence-corrected chi connectivity index (χ1v) is 13.4. The number of fused-ring (bicyclic) bond motifs is 5. The topological polar surface area (TPSA) is 20.2 Å². The van der Waals surface area contributed by atoms with Gasteiger partial charge in [0.1, 0.15) is 0 Å². The van der Waals surface area contributed by atoms with Gasteiger partial charge in [-0.05, 0) is 104 Å². The molecule has 0 aromatic rings. The second-order valence-corrected chi connectivity index (χ2v) is 13.4. The van der Waals surface area contributed by atoms with Crippen LogP contribution in [0.4, 0.5) is 0 Å². The molecule has 4 aliphatic rings. The summed E-state index contributed by atoms with van der Waals surface area (Å²) in [4.78, 5) is 0.0247. The van der Waals surface area contributed by atoms with Crippen molar-refractivity contribution in [2.45, 2.75) is 123 Å². The van der Waals surface area contributed by atoms with Crippen LogP contribution < -0.4 is 0 Å². The highest BCUT2D eigenvalue weighted by Gasteiger charge is 2.67. The van der Waals surface area contributed by atoms with Gasteiger partial charge < -0.3 is 5.11 Å². The van der Waals surface area contributed by atoms with E-state index >= 15 is 0 Å². The molecule has 0 aromatic carbocycles. The third-order valence-corrected chi connectivity index (χ3v) is 11.8. The Hall–Kier alpha value is 0.250. The van der Waals surface area contributed by atoms with E-state index in [-0.39, 0.29) is 11.0 Å². The van der Waals surface area contributed by atoms with Gasteiger partial charge in [-0.25, -0.2) is 0 Å². The molecule has 2 heteroatoms. The Kier molecular flexibility index (Phi) is 6.18. The molecular weight excluding hydrogens is 376 g/mol. The molecule has 0 amide bonds. The zero-order chi connectivity index (χ0) is 21.0. The van der Waals surface area contributed by atoms with E-state index < -0.39 is 0 Å². The van der Waals surface area contributed by atoms with E-state index in [0.717, 1.165) is 42.4 Å². The number of hydrogen-bond acceptors (Lipinski definition) is 1. The van der Waals surface area contributed by atoms with Gasteiger partial charge in [0.05, 0.1) is 11.0 Å². The Morgan fingerprint density at radius 2 is 1.66 bits per heavy atom. The number of aliphatic hydroxyl groups excluding tert-OH is 1. The van der Waals surface area contributed by atoms with E-state index in [2.05, 4.69) is 34.6 Å². The molecule has 2 unspecified atom stereocenters. The predicted molar refractivity (Wildman–Crippen MR) is 124 cm³/mol. The van der Waals surface area contributed by atoms with Crippen LogP contribution >= 0.6 is 11.6 Å². The van der Waals surface area contributed by atoms with Gasteiger partial charge in [0, 0.05) is 0 Å². The van der Waals surface area contributed by atoms with Gasteiger partial charge in [-0.1, -0.05) is 53.9 Å². The normalized spacial score (nSPS) is 50.7. The summed E-state index contributed by atoms with van der Waals surface area (Å²) in [5.41, 5.74) is 0.747. The van der Waals surface area contributed by atoms with Crippen molar-refractivity contribution < 1.29 is 5.11 Å². The summed E-state index contributed by atoms with van der Waals surface area (Å²) in [6.45, 7) is 12.4. The zero-order valence-corrected chi connectivity index (χ0v) is 20.6. The molecular formula is C27H47ClO. The molecule has 0 heterocycles. The third kappa shape index (κ3) is 3.53. The Morgan fingerprint density at radius 1 is 0.897 bits per heavy atom. The van der Waals surface area contributed by atoms with Gasteiger partial charge in [-0.15, -0.1) is 11.6 Å². The van der Waals surface area contributed by atoms with Crippen LogP contribution in [0.3, 0.4) is 0 Å². The largest absolute Gasteiger partial charge is 0.393 e. The fourth-order valence-electron chi connectivity index (χ4n) is 9.15. The number of alkyl halides is 1. The summed E-state index contributed by atoms with van der Waals surface area (Å²) in [6.07, 6.45) is 15.3. The lowest BCUT2D eigenvalue weighted by Gasteiger charge is -2.63. The van der Waals surface area contributed by atoms with Crippen LogP contribution in [0, 0.1) is 46.3 Å². The second-order valence-electron chi connectivity index (χ2n) is 12.7. The molecule has 1 N–H and O–H groups in total. The fourth-order valence-corrected chi connectivity index (χ4v) is 9.76. The maximum atomic E-state index is 10.3. The highest BCUT2D eigenvalue weighted by atomic mass is 35.5. The van der Waals surface area contributed by atoms with Gasteiger partial charge in [0.2, 0.25) is 0 Å². The Labute approximate surface area is 185 Å². The SMILES string of the molecule is CC(C)CCC[C@@H](C)[C@H]1CC[C@@]2(Cl)[C@@H]3CCC4CC(O)CC[C@]4(C)[C@H]3CC[C@]12C. The number of aliphatic hydroxyl groups is 1. The van der Waals surface area contributed by atoms with Gasteiger partial charge in [-0.3, -0.25) is 0 Å². The standard InChI is InChI=1S/C27H47ClO/c1-18(2)7-6-8-19(3)22-13-16-27(28)24-10-9-20-17-21(29)11-14-25(20,4)23(24)12-15-26(22,27)5/h18-24,29H,6-17H2,1-5H3/t19-,20?,21?,22-,23+,24-,25+,26-,27-/m1/s1. The van der Waals surface area contributed by atoms with E-state index in [0.29, 0.717) is 16.7 Å². The lowest BCUT2D eigenvalue weighted by atomic mass is 9.44. The van der Waals surface area contributed by atoms with E-state index in [1.807, 2.05) is 0 Å². The summed E-state index contributed by atoms with van der Waals surface area (Å²) in [5, 5.41) is 10.3. The quantitative estimate of drug-likeness (QED) is 0.447. The third-order valence-electron chi connectivity index (χ3n) is 10.9. The number of halogens is 1. The Balaban J connectivity index is 1.52.